The molecule has 0 bridgehead atoms. The number of anilines is 1. The zero-order valence-electron chi connectivity index (χ0n) is 19.6. The quantitative estimate of drug-likeness (QED) is 0.561. The third kappa shape index (κ3) is 5.58. The van der Waals surface area contributed by atoms with Crippen LogP contribution < -0.4 is 10.2 Å². The van der Waals surface area contributed by atoms with Crippen LogP contribution in [0.2, 0.25) is 0 Å². The normalized spacial score (nSPS) is 24.6. The van der Waals surface area contributed by atoms with Gasteiger partial charge in [0.15, 0.2) is 5.96 Å². The summed E-state index contributed by atoms with van der Waals surface area (Å²) in [5.41, 5.74) is 2.19. The number of guanidine groups is 1. The average molecular weight is 442 g/mol. The second-order valence-corrected chi connectivity index (χ2v) is 8.61. The molecule has 32 heavy (non-hydrogen) atoms. The van der Waals surface area contributed by atoms with E-state index < -0.39 is 0 Å². The Morgan fingerprint density at radius 1 is 1.19 bits per heavy atom. The van der Waals surface area contributed by atoms with E-state index in [2.05, 4.69) is 53.1 Å². The van der Waals surface area contributed by atoms with Gasteiger partial charge in [0.25, 0.3) is 0 Å². The number of nitrogens with one attached hydrogen (secondary N) is 1. The molecule has 0 saturated carbocycles. The number of rotatable bonds is 5. The molecule has 2 aliphatic heterocycles. The van der Waals surface area contributed by atoms with Crippen molar-refractivity contribution in [1.29, 1.82) is 0 Å². The van der Waals surface area contributed by atoms with Crippen LogP contribution >= 0.6 is 0 Å². The predicted molar refractivity (Wildman–Crippen MR) is 125 cm³/mol. The molecule has 9 nitrogen and oxygen atoms in total. The number of aromatic nitrogens is 3. The third-order valence-corrected chi connectivity index (χ3v) is 5.76. The van der Waals surface area contributed by atoms with Gasteiger partial charge in [-0.2, -0.15) is 5.10 Å². The summed E-state index contributed by atoms with van der Waals surface area (Å²) in [6.07, 6.45) is 6.27. The number of nitrogens with zero attached hydrogens (tertiary/aromatic N) is 6. The molecule has 4 rings (SSSR count). The van der Waals surface area contributed by atoms with Gasteiger partial charge in [-0.15, -0.1) is 0 Å². The molecule has 1 N–H and O–H groups in total. The minimum Gasteiger partial charge on any atom is -0.372 e. The maximum Gasteiger partial charge on any atom is 0.194 e. The first-order valence-electron chi connectivity index (χ1n) is 11.5. The number of aliphatic imine (C=N–C) groups is 1. The first-order chi connectivity index (χ1) is 15.5. The molecular formula is C23H35N7O2. The summed E-state index contributed by atoms with van der Waals surface area (Å²) in [7, 11) is 1.93. The topological polar surface area (TPSA) is 80.0 Å². The van der Waals surface area contributed by atoms with Crippen molar-refractivity contribution in [3.8, 4) is 0 Å². The molecule has 2 fully saturated rings. The van der Waals surface area contributed by atoms with Crippen molar-refractivity contribution < 1.29 is 9.47 Å². The molecule has 174 valence electrons. The number of hydrogen-bond acceptors (Lipinski definition) is 6. The molecule has 2 aliphatic rings. The molecule has 2 saturated heterocycles. The molecule has 0 amide bonds. The Bertz CT molecular complexity index is 888. The Morgan fingerprint density at radius 2 is 2.00 bits per heavy atom. The summed E-state index contributed by atoms with van der Waals surface area (Å²) < 4.78 is 13.6. The Labute approximate surface area is 190 Å². The SMILES string of the molecule is CCNC(=NCc1ccc(N2CC(C)OC(C)C2)nc1)N1CCOC(c2cnn(C)c2)C1. The van der Waals surface area contributed by atoms with Crippen molar-refractivity contribution in [2.75, 3.05) is 44.2 Å². The standard InChI is InChI=1S/C23H35N7O2/c1-5-24-23(29-8-9-31-21(16-29)20-12-27-28(4)15-20)26-11-19-6-7-22(25-10-19)30-13-17(2)32-18(3)14-30/h6-7,10,12,15,17-18,21H,5,8-9,11,13-14,16H2,1-4H3,(H,24,26). The Balaban J connectivity index is 1.40. The zero-order chi connectivity index (χ0) is 22.5. The summed E-state index contributed by atoms with van der Waals surface area (Å²) in [6, 6.07) is 4.22. The van der Waals surface area contributed by atoms with Gasteiger partial charge in [0, 0.05) is 51.2 Å². The van der Waals surface area contributed by atoms with E-state index in [4.69, 9.17) is 19.5 Å². The lowest BCUT2D eigenvalue weighted by Crippen LogP contribution is -2.48. The molecule has 9 heteroatoms. The van der Waals surface area contributed by atoms with Gasteiger partial charge in [-0.1, -0.05) is 6.07 Å². The summed E-state index contributed by atoms with van der Waals surface area (Å²) in [5.74, 6) is 1.91. The Morgan fingerprint density at radius 3 is 2.66 bits per heavy atom. The van der Waals surface area contributed by atoms with E-state index in [1.54, 1.807) is 0 Å². The third-order valence-electron chi connectivity index (χ3n) is 5.76. The minimum atomic E-state index is 0.000520. The van der Waals surface area contributed by atoms with Gasteiger partial charge in [-0.3, -0.25) is 4.68 Å². The molecule has 2 aromatic rings. The van der Waals surface area contributed by atoms with Crippen molar-refractivity contribution in [2.45, 2.75) is 45.6 Å². The van der Waals surface area contributed by atoms with Crippen molar-refractivity contribution in [3.05, 3.63) is 41.9 Å². The fourth-order valence-electron chi connectivity index (χ4n) is 4.30. The van der Waals surface area contributed by atoms with E-state index in [9.17, 15) is 0 Å². The summed E-state index contributed by atoms with van der Waals surface area (Å²) >= 11 is 0. The summed E-state index contributed by atoms with van der Waals surface area (Å²) in [5, 5.41) is 7.71. The van der Waals surface area contributed by atoms with E-state index >= 15 is 0 Å². The van der Waals surface area contributed by atoms with Crippen LogP contribution in [0.15, 0.2) is 35.7 Å². The molecular weight excluding hydrogens is 406 g/mol. The van der Waals surface area contributed by atoms with Crippen LogP contribution in [-0.4, -0.2) is 77.2 Å². The largest absolute Gasteiger partial charge is 0.372 e. The monoisotopic (exact) mass is 441 g/mol. The number of ether oxygens (including phenoxy) is 2. The van der Waals surface area contributed by atoms with Gasteiger partial charge in [0.1, 0.15) is 11.9 Å². The Hall–Kier alpha value is -2.65. The zero-order valence-corrected chi connectivity index (χ0v) is 19.6. The molecule has 3 unspecified atom stereocenters. The van der Waals surface area contributed by atoms with Crippen molar-refractivity contribution in [2.24, 2.45) is 12.0 Å². The molecule has 0 aromatic carbocycles. The lowest BCUT2D eigenvalue weighted by molar-refractivity contribution is -0.00805. The fourth-order valence-corrected chi connectivity index (χ4v) is 4.30. The second kappa shape index (κ2) is 10.3. The fraction of sp³-hybridized carbons (Fsp3) is 0.609. The first kappa shape index (κ1) is 22.5. The van der Waals surface area contributed by atoms with Crippen molar-refractivity contribution in [1.82, 2.24) is 25.0 Å². The van der Waals surface area contributed by atoms with Crippen LogP contribution in [0.5, 0.6) is 0 Å². The molecule has 4 heterocycles. The molecule has 0 aliphatic carbocycles. The van der Waals surface area contributed by atoms with Crippen LogP contribution in [0.25, 0.3) is 0 Å². The van der Waals surface area contributed by atoms with Crippen LogP contribution in [0.3, 0.4) is 0 Å². The highest BCUT2D eigenvalue weighted by atomic mass is 16.5. The number of aryl methyl sites for hydroxylation is 1. The van der Waals surface area contributed by atoms with Crippen molar-refractivity contribution in [3.63, 3.8) is 0 Å². The number of hydrogen-bond donors (Lipinski definition) is 1. The molecule has 0 spiro atoms. The maximum atomic E-state index is 5.98. The van der Waals surface area contributed by atoms with Gasteiger partial charge in [0.2, 0.25) is 0 Å². The average Bonchev–Trinajstić information content (AvgIpc) is 3.23. The summed E-state index contributed by atoms with van der Waals surface area (Å²) in [6.45, 7) is 11.7. The van der Waals surface area contributed by atoms with E-state index in [-0.39, 0.29) is 18.3 Å². The van der Waals surface area contributed by atoms with Crippen LogP contribution in [0.4, 0.5) is 5.82 Å². The van der Waals surface area contributed by atoms with Gasteiger partial charge in [-0.05, 0) is 32.4 Å². The second-order valence-electron chi connectivity index (χ2n) is 8.61. The lowest BCUT2D eigenvalue weighted by atomic mass is 10.1. The first-order valence-corrected chi connectivity index (χ1v) is 11.5. The minimum absolute atomic E-state index is 0.000520. The van der Waals surface area contributed by atoms with E-state index in [0.717, 1.165) is 55.6 Å². The highest BCUT2D eigenvalue weighted by Gasteiger charge is 2.25. The highest BCUT2D eigenvalue weighted by molar-refractivity contribution is 5.80. The van der Waals surface area contributed by atoms with E-state index in [0.29, 0.717) is 13.2 Å². The van der Waals surface area contributed by atoms with E-state index in [1.807, 2.05) is 30.3 Å². The predicted octanol–water partition coefficient (Wildman–Crippen LogP) is 1.97. The van der Waals surface area contributed by atoms with Gasteiger partial charge < -0.3 is 24.6 Å². The van der Waals surface area contributed by atoms with Gasteiger partial charge in [-0.25, -0.2) is 9.98 Å². The molecule has 3 atom stereocenters. The Kier molecular flexibility index (Phi) is 7.26. The van der Waals surface area contributed by atoms with Crippen molar-refractivity contribution >= 4 is 11.8 Å². The van der Waals surface area contributed by atoms with Gasteiger partial charge in [0.05, 0.1) is 38.1 Å². The van der Waals surface area contributed by atoms with Crippen LogP contribution in [0.1, 0.15) is 38.0 Å². The van der Waals surface area contributed by atoms with E-state index in [1.165, 1.54) is 0 Å². The highest BCUT2D eigenvalue weighted by Crippen LogP contribution is 2.22. The number of morpholine rings is 2. The molecule has 2 aromatic heterocycles. The smallest absolute Gasteiger partial charge is 0.194 e. The summed E-state index contributed by atoms with van der Waals surface area (Å²) in [4.78, 5) is 14.1. The van der Waals surface area contributed by atoms with Crippen LogP contribution in [0, 0.1) is 0 Å². The number of pyridine rings is 1. The van der Waals surface area contributed by atoms with Crippen LogP contribution in [-0.2, 0) is 23.1 Å². The maximum absolute atomic E-state index is 5.98. The lowest BCUT2D eigenvalue weighted by Gasteiger charge is -2.36. The molecule has 0 radical (unpaired) electrons. The van der Waals surface area contributed by atoms with Gasteiger partial charge >= 0.3 is 0 Å².